The number of aromatic nitrogens is 18. The third kappa shape index (κ3) is 32.8. The van der Waals surface area contributed by atoms with Crippen molar-refractivity contribution in [2.75, 3.05) is 0 Å². The Morgan fingerprint density at radius 1 is 0.364 bits per heavy atom. The number of halogens is 2. The van der Waals surface area contributed by atoms with Crippen molar-refractivity contribution in [1.29, 1.82) is 0 Å². The van der Waals surface area contributed by atoms with Crippen molar-refractivity contribution in [3.63, 3.8) is 0 Å². The zero-order valence-corrected chi connectivity index (χ0v) is 78.1. The number of aromatic amines is 1. The number of hydrogen-bond acceptors (Lipinski definition) is 31. The first-order valence-corrected chi connectivity index (χ1v) is 46.5. The number of aromatic hydroxyl groups is 2. The Balaban J connectivity index is 0.000000134. The van der Waals surface area contributed by atoms with Gasteiger partial charge in [0.2, 0.25) is 6.33 Å². The summed E-state index contributed by atoms with van der Waals surface area (Å²) in [5.41, 5.74) is 14.2. The number of nitrogens with one attached hydrogen (secondary N) is 1. The van der Waals surface area contributed by atoms with E-state index >= 15 is 0 Å². The maximum Gasteiger partial charge on any atom is 0.380 e. The fraction of sp³-hybridized carbons (Fsp3) is 0.0625. The SMILES string of the molecule is NOOSOc1ccc(Oc2cccc(Cn3cncn3)c2)cc1.NOOSOc1ccc2cc(-c3cccc(Cn4cncn4)c3)ccc2c1.NS(=O)(=O)Oc1ccc(-c2cccc(C[n+]3cnc[nH]3)c2)cc1.NS(=O)(=O)Oc1ccc(-c2cccc(Cn3cncn3)c2)cc1Cl.Oc1ccc(C#Cc2cccc(Cn3cncn3)c2)cc1Cl.Oc1ccc(Oc2cccc(Cn3cncn3)c2)cc1. The molecule has 0 unspecified atom stereocenters. The molecule has 19 rings (SSSR count). The molecule has 44 heteroatoms. The van der Waals surface area contributed by atoms with Gasteiger partial charge >= 0.3 is 26.9 Å². The molecule has 0 atom stereocenters. The van der Waals surface area contributed by atoms with Crippen molar-refractivity contribution in [2.45, 2.75) is 39.3 Å². The minimum absolute atomic E-state index is 0.0123. The predicted octanol–water partition coefficient (Wildman–Crippen LogP) is 15.9. The molecule has 0 spiro atoms. The van der Waals surface area contributed by atoms with Crippen LogP contribution in [-0.2, 0) is 78.5 Å². The molecule has 6 heterocycles. The third-order valence-electron chi connectivity index (χ3n) is 19.3. The summed E-state index contributed by atoms with van der Waals surface area (Å²) in [5.74, 6) is 20.1. The van der Waals surface area contributed by atoms with Crippen LogP contribution < -0.4 is 53.0 Å². The normalized spacial score (nSPS) is 10.8. The topological polar surface area (TPSA) is 491 Å². The monoisotopic (exact) mass is 2000 g/mol. The van der Waals surface area contributed by atoms with Crippen LogP contribution in [0, 0.1) is 11.8 Å². The first kappa shape index (κ1) is 99.7. The van der Waals surface area contributed by atoms with Crippen LogP contribution in [0.5, 0.6) is 57.5 Å². The Morgan fingerprint density at radius 2 is 0.764 bits per heavy atom. The molecule has 11 N–H and O–H groups in total. The first-order valence-electron chi connectivity index (χ1n) is 41.5. The van der Waals surface area contributed by atoms with Crippen LogP contribution in [0.25, 0.3) is 44.2 Å². The lowest BCUT2D eigenvalue weighted by Crippen LogP contribution is -2.35. The van der Waals surface area contributed by atoms with E-state index in [0.717, 1.165) is 94.6 Å². The second kappa shape index (κ2) is 50.6. The van der Waals surface area contributed by atoms with E-state index in [9.17, 15) is 27.0 Å². The van der Waals surface area contributed by atoms with Gasteiger partial charge in [0.25, 0.3) is 24.6 Å². The molecule has 0 fully saturated rings. The van der Waals surface area contributed by atoms with Gasteiger partial charge in [0.1, 0.15) is 122 Å². The van der Waals surface area contributed by atoms with Crippen molar-refractivity contribution in [1.82, 2.24) is 83.9 Å². The number of H-pyrrole nitrogens is 1. The van der Waals surface area contributed by atoms with Crippen LogP contribution in [0.4, 0.5) is 0 Å². The number of phenolic OH excluding ortho intramolecular Hbond substituents is 2. The fourth-order valence-electron chi connectivity index (χ4n) is 13.1. The zero-order chi connectivity index (χ0) is 97.7. The highest BCUT2D eigenvalue weighted by atomic mass is 35.5. The van der Waals surface area contributed by atoms with Gasteiger partial charge < -0.3 is 36.4 Å². The molecular weight excluding hydrogens is 1920 g/mol. The standard InChI is InChI=1S/C19H16N4O3S.C17H12ClN3O.C15H13ClN4O3S.C15H14N4O4S.C15H14N4O3S.C15H13N3O2/c20-25-26-27-24-19-7-6-17-9-16(4-5-18(17)10-19)15-3-1-2-14(8-15)11-23-13-21-12-22-23;18-16-9-14(6-7-17(16)22)5-4-13-2-1-3-15(8-13)10-21-12-19-11-20-21;16-14-7-13(4-5-15(14)23-24(17,21)22)12-3-1-2-11(6-12)8-20-10-18-9-19-20;16-22-23-24-21-14-6-4-13(5-7-14)20-15-3-1-2-12(8-15)9-19-11-17-10-18-19;16-23(20,21)22-15-6-4-13(5-7-15)14-3-1-2-12(8-14)9-19-11-17-10-18-19;19-13-4-6-14(7-5-13)20-15-3-1-2-12(8-15)9-18-11-16-10-17-18/h1-10,12-13H,11,20H2;1-3,6-9,11-12,22H,10H2;1-7,9-10H,8H2,(H2,17,21,22);1-8,10-11H,9,16H2;1-8,10-11H,9H2,(H2,16,20,21);1-8,10-11,19H,9H2/p+1. The van der Waals surface area contributed by atoms with Gasteiger partial charge in [-0.3, -0.25) is 0 Å². The van der Waals surface area contributed by atoms with E-state index in [0.29, 0.717) is 91.9 Å². The highest BCUT2D eigenvalue weighted by molar-refractivity contribution is 7.90. The van der Waals surface area contributed by atoms with Crippen LogP contribution in [0.3, 0.4) is 0 Å². The van der Waals surface area contributed by atoms with Crippen molar-refractivity contribution < 1.29 is 76.6 Å². The van der Waals surface area contributed by atoms with Crippen molar-refractivity contribution in [2.24, 2.45) is 22.1 Å². The molecule has 0 amide bonds. The van der Waals surface area contributed by atoms with Crippen LogP contribution in [0.1, 0.15) is 44.5 Å². The molecule has 0 bridgehead atoms. The van der Waals surface area contributed by atoms with Crippen molar-refractivity contribution in [3.05, 3.63) is 422 Å². The summed E-state index contributed by atoms with van der Waals surface area (Å²) >= 11 is 13.2. The summed E-state index contributed by atoms with van der Waals surface area (Å²) in [6.45, 7) is 3.89. The first-order chi connectivity index (χ1) is 68.0. The van der Waals surface area contributed by atoms with Crippen LogP contribution in [0.15, 0.2) is 367 Å². The number of benzene rings is 13. The molecule has 0 aliphatic carbocycles. The van der Waals surface area contributed by atoms with Gasteiger partial charge in [-0.1, -0.05) is 162 Å². The molecule has 140 heavy (non-hydrogen) atoms. The van der Waals surface area contributed by atoms with E-state index in [1.54, 1.807) is 171 Å². The number of nitrogens with two attached hydrogens (primary N) is 4. The van der Waals surface area contributed by atoms with Crippen LogP contribution >= 0.6 is 47.8 Å². The van der Waals surface area contributed by atoms with E-state index in [2.05, 4.69) is 148 Å². The lowest BCUT2D eigenvalue weighted by Gasteiger charge is -2.09. The summed E-state index contributed by atoms with van der Waals surface area (Å²) in [4.78, 5) is 31.5. The zero-order valence-electron chi connectivity index (χ0n) is 73.3. The Labute approximate surface area is 819 Å². The van der Waals surface area contributed by atoms with Crippen molar-refractivity contribution in [3.8, 4) is 103 Å². The summed E-state index contributed by atoms with van der Waals surface area (Å²) in [6, 6.07) is 89.9. The number of nitrogens with zero attached hydrogens (tertiary/aromatic N) is 17. The van der Waals surface area contributed by atoms with E-state index in [1.165, 1.54) is 43.0 Å². The van der Waals surface area contributed by atoms with Crippen molar-refractivity contribution >= 4 is 79.2 Å². The molecule has 19 aromatic rings. The van der Waals surface area contributed by atoms with Gasteiger partial charge in [-0.2, -0.15) is 74.2 Å². The predicted molar refractivity (Wildman–Crippen MR) is 521 cm³/mol. The van der Waals surface area contributed by atoms with Gasteiger partial charge in [0, 0.05) is 11.1 Å². The Bertz CT molecular complexity index is 7450. The lowest BCUT2D eigenvalue weighted by molar-refractivity contribution is -0.743. The summed E-state index contributed by atoms with van der Waals surface area (Å²) in [7, 11) is -8.12. The Morgan fingerprint density at radius 3 is 1.24 bits per heavy atom. The van der Waals surface area contributed by atoms with E-state index in [1.807, 2.05) is 138 Å². The summed E-state index contributed by atoms with van der Waals surface area (Å²) in [6.07, 6.45) is 19.3. The van der Waals surface area contributed by atoms with Gasteiger partial charge in [0.15, 0.2) is 5.75 Å². The highest BCUT2D eigenvalue weighted by Crippen LogP contribution is 2.35. The second-order valence-electron chi connectivity index (χ2n) is 29.5. The van der Waals surface area contributed by atoms with Gasteiger partial charge in [0.05, 0.1) is 42.8 Å². The molecule has 710 valence electrons. The Kier molecular flexibility index (Phi) is 36.0. The van der Waals surface area contributed by atoms with E-state index in [4.69, 9.17) is 63.1 Å². The number of fused-ring (bicyclic) bond motifs is 1. The minimum Gasteiger partial charge on any atom is -0.508 e. The van der Waals surface area contributed by atoms with E-state index < -0.39 is 20.6 Å². The molecular formula is C96H83Cl2N22O16S4+. The highest BCUT2D eigenvalue weighted by Gasteiger charge is 2.15. The largest absolute Gasteiger partial charge is 0.508 e. The quantitative estimate of drug-likeness (QED) is 0.00530. The molecule has 0 aliphatic heterocycles. The number of ether oxygens (including phenoxy) is 2. The minimum atomic E-state index is -4.11. The average molecular weight is 2000 g/mol. The smallest absolute Gasteiger partial charge is 0.380 e. The Hall–Kier alpha value is -16.2. The van der Waals surface area contributed by atoms with Gasteiger partial charge in [-0.05, 0) is 246 Å². The number of phenols is 2. The molecule has 0 saturated heterocycles. The molecule has 13 aromatic carbocycles. The molecule has 6 aromatic heterocycles. The molecule has 0 saturated carbocycles. The molecule has 0 radical (unpaired) electrons. The van der Waals surface area contributed by atoms with Crippen LogP contribution in [-0.4, -0.2) is 111 Å². The maximum atomic E-state index is 11.0. The third-order valence-corrected chi connectivity index (χ3v) is 21.5. The summed E-state index contributed by atoms with van der Waals surface area (Å²) < 4.78 is 94.5. The molecule has 0 aliphatic rings. The number of hydrogen-bond donors (Lipinski definition) is 7. The fourth-order valence-corrected chi connectivity index (χ4v) is 14.8. The summed E-state index contributed by atoms with van der Waals surface area (Å²) in [5, 5.41) is 54.4. The molecule has 38 nitrogen and oxygen atoms in total. The second-order valence-corrected chi connectivity index (χ2v) is 33.5. The van der Waals surface area contributed by atoms with Gasteiger partial charge in [-0.25, -0.2) is 48.3 Å². The number of rotatable bonds is 31. The maximum absolute atomic E-state index is 11.0. The van der Waals surface area contributed by atoms with E-state index in [-0.39, 0.29) is 28.0 Å². The average Bonchev–Trinajstić information content (AvgIpc) is 1.24. The van der Waals surface area contributed by atoms with Gasteiger partial charge in [-0.15, -0.1) is 18.6 Å². The lowest BCUT2D eigenvalue weighted by atomic mass is 9.99. The van der Waals surface area contributed by atoms with Crippen LogP contribution in [0.2, 0.25) is 10.0 Å².